The Morgan fingerprint density at radius 1 is 1.31 bits per heavy atom. The van der Waals surface area contributed by atoms with Gasteiger partial charge in [0.2, 0.25) is 0 Å². The highest BCUT2D eigenvalue weighted by molar-refractivity contribution is 5.69. The molecule has 0 fully saturated rings. The Bertz CT molecular complexity index is 306. The molecule has 1 unspecified atom stereocenters. The zero-order valence-corrected chi connectivity index (χ0v) is 10.1. The first-order chi connectivity index (χ1) is 7.74. The molecule has 2 heteroatoms. The predicted octanol–water partition coefficient (Wildman–Crippen LogP) is 3.52. The van der Waals surface area contributed by atoms with Gasteiger partial charge in [0.15, 0.2) is 0 Å². The van der Waals surface area contributed by atoms with Crippen molar-refractivity contribution in [3.63, 3.8) is 0 Å². The number of carbonyl (C=O) groups is 1. The van der Waals surface area contributed by atoms with Crippen molar-refractivity contribution in [3.8, 4) is 0 Å². The first-order valence-corrected chi connectivity index (χ1v) is 5.94. The van der Waals surface area contributed by atoms with E-state index in [2.05, 4.69) is 26.0 Å². The third-order valence-electron chi connectivity index (χ3n) is 2.60. The van der Waals surface area contributed by atoms with Gasteiger partial charge in [-0.3, -0.25) is 4.79 Å². The highest BCUT2D eigenvalue weighted by atomic mass is 16.5. The van der Waals surface area contributed by atoms with E-state index < -0.39 is 0 Å². The summed E-state index contributed by atoms with van der Waals surface area (Å²) >= 11 is 0. The van der Waals surface area contributed by atoms with Gasteiger partial charge in [-0.1, -0.05) is 50.6 Å². The summed E-state index contributed by atoms with van der Waals surface area (Å²) in [7, 11) is 0. The van der Waals surface area contributed by atoms with Crippen molar-refractivity contribution in [1.82, 2.24) is 0 Å². The molecule has 2 nitrogen and oxygen atoms in total. The number of hydrogen-bond donors (Lipinski definition) is 0. The van der Waals surface area contributed by atoms with Crippen LogP contribution in [0.2, 0.25) is 0 Å². The van der Waals surface area contributed by atoms with Crippen molar-refractivity contribution in [2.75, 3.05) is 6.61 Å². The van der Waals surface area contributed by atoms with Crippen LogP contribution >= 0.6 is 0 Å². The van der Waals surface area contributed by atoms with Gasteiger partial charge in [0.1, 0.15) is 0 Å². The van der Waals surface area contributed by atoms with Crippen LogP contribution in [-0.2, 0) is 9.53 Å². The average Bonchev–Trinajstić information content (AvgIpc) is 2.34. The molecule has 0 aliphatic heterocycles. The van der Waals surface area contributed by atoms with Crippen LogP contribution in [0, 0.1) is 0 Å². The van der Waals surface area contributed by atoms with E-state index in [1.165, 1.54) is 5.56 Å². The maximum atomic E-state index is 11.3. The lowest BCUT2D eigenvalue weighted by molar-refractivity contribution is -0.144. The van der Waals surface area contributed by atoms with Crippen LogP contribution in [0.25, 0.3) is 0 Å². The van der Waals surface area contributed by atoms with Crippen LogP contribution in [0.15, 0.2) is 30.3 Å². The lowest BCUT2D eigenvalue weighted by Gasteiger charge is -2.12. The number of carbonyl (C=O) groups excluding carboxylic acids is 1. The largest absolute Gasteiger partial charge is 0.465 e. The molecule has 0 spiro atoms. The topological polar surface area (TPSA) is 26.3 Å². The number of benzene rings is 1. The molecule has 16 heavy (non-hydrogen) atoms. The van der Waals surface area contributed by atoms with E-state index >= 15 is 0 Å². The Hall–Kier alpha value is -1.31. The van der Waals surface area contributed by atoms with E-state index in [1.807, 2.05) is 18.2 Å². The van der Waals surface area contributed by atoms with Gasteiger partial charge >= 0.3 is 5.97 Å². The minimum atomic E-state index is -0.0790. The summed E-state index contributed by atoms with van der Waals surface area (Å²) in [6.45, 7) is 4.62. The quantitative estimate of drug-likeness (QED) is 0.686. The monoisotopic (exact) mass is 220 g/mol. The number of unbranched alkanes of at least 4 members (excludes halogenated alkanes) is 1. The van der Waals surface area contributed by atoms with Crippen LogP contribution in [0.3, 0.4) is 0 Å². The van der Waals surface area contributed by atoms with Crippen molar-refractivity contribution >= 4 is 5.97 Å². The highest BCUT2D eigenvalue weighted by Crippen LogP contribution is 2.14. The number of hydrogen-bond acceptors (Lipinski definition) is 2. The normalized spacial score (nSPS) is 12.1. The Kier molecular flexibility index (Phi) is 5.62. The number of esters is 1. The summed E-state index contributed by atoms with van der Waals surface area (Å²) in [6.07, 6.45) is 2.49. The summed E-state index contributed by atoms with van der Waals surface area (Å²) in [5.74, 6) is 0.191. The van der Waals surface area contributed by atoms with Crippen LogP contribution in [0.5, 0.6) is 0 Å². The first kappa shape index (κ1) is 12.8. The van der Waals surface area contributed by atoms with Gasteiger partial charge in [0, 0.05) is 12.3 Å². The molecule has 0 aliphatic rings. The van der Waals surface area contributed by atoms with Gasteiger partial charge in [0.25, 0.3) is 0 Å². The third kappa shape index (κ3) is 4.47. The zero-order chi connectivity index (χ0) is 11.8. The Labute approximate surface area is 97.6 Å². The third-order valence-corrected chi connectivity index (χ3v) is 2.60. The zero-order valence-electron chi connectivity index (χ0n) is 10.1. The second-order valence-corrected chi connectivity index (χ2v) is 4.10. The van der Waals surface area contributed by atoms with Gasteiger partial charge in [-0.15, -0.1) is 0 Å². The van der Waals surface area contributed by atoms with Crippen molar-refractivity contribution in [2.45, 2.75) is 39.0 Å². The molecule has 0 radical (unpaired) electrons. The summed E-state index contributed by atoms with van der Waals surface area (Å²) in [4.78, 5) is 11.3. The Morgan fingerprint density at radius 3 is 2.62 bits per heavy atom. The molecular weight excluding hydrogens is 200 g/mol. The summed E-state index contributed by atoms with van der Waals surface area (Å²) in [5, 5.41) is 0. The average molecular weight is 220 g/mol. The number of ether oxygens (including phenoxy) is 1. The second kappa shape index (κ2) is 7.04. The molecular formula is C14H20O2. The van der Waals surface area contributed by atoms with Crippen molar-refractivity contribution in [1.29, 1.82) is 0 Å². The smallest absolute Gasteiger partial charge is 0.305 e. The van der Waals surface area contributed by atoms with Gasteiger partial charge in [-0.05, 0) is 12.0 Å². The van der Waals surface area contributed by atoms with Gasteiger partial charge < -0.3 is 4.74 Å². The SMILES string of the molecule is CCCCC(=O)OCC(C)c1ccccc1. The second-order valence-electron chi connectivity index (χ2n) is 4.10. The fourth-order valence-electron chi connectivity index (χ4n) is 1.49. The van der Waals surface area contributed by atoms with Gasteiger partial charge in [0.05, 0.1) is 6.61 Å². The molecule has 1 aromatic carbocycles. The number of rotatable bonds is 6. The molecule has 0 amide bonds. The standard InChI is InChI=1S/C14H20O2/c1-3-4-10-14(15)16-11-12(2)13-8-6-5-7-9-13/h5-9,12H,3-4,10-11H2,1-2H3. The van der Waals surface area contributed by atoms with Crippen LogP contribution in [0.1, 0.15) is 44.6 Å². The molecule has 1 aromatic rings. The van der Waals surface area contributed by atoms with Gasteiger partial charge in [-0.2, -0.15) is 0 Å². The maximum absolute atomic E-state index is 11.3. The van der Waals surface area contributed by atoms with Crippen molar-refractivity contribution < 1.29 is 9.53 Å². The molecule has 0 aromatic heterocycles. The Balaban J connectivity index is 2.30. The first-order valence-electron chi connectivity index (χ1n) is 5.94. The van der Waals surface area contributed by atoms with E-state index in [9.17, 15) is 4.79 Å². The minimum Gasteiger partial charge on any atom is -0.465 e. The van der Waals surface area contributed by atoms with Crippen LogP contribution in [-0.4, -0.2) is 12.6 Å². The van der Waals surface area contributed by atoms with Crippen molar-refractivity contribution in [2.24, 2.45) is 0 Å². The van der Waals surface area contributed by atoms with Crippen LogP contribution < -0.4 is 0 Å². The van der Waals surface area contributed by atoms with E-state index in [0.717, 1.165) is 12.8 Å². The van der Waals surface area contributed by atoms with E-state index in [-0.39, 0.29) is 11.9 Å². The fraction of sp³-hybridized carbons (Fsp3) is 0.500. The maximum Gasteiger partial charge on any atom is 0.305 e. The molecule has 0 saturated carbocycles. The summed E-state index contributed by atoms with van der Waals surface area (Å²) < 4.78 is 5.22. The van der Waals surface area contributed by atoms with Crippen molar-refractivity contribution in [3.05, 3.63) is 35.9 Å². The van der Waals surface area contributed by atoms with E-state index in [0.29, 0.717) is 13.0 Å². The van der Waals surface area contributed by atoms with Crippen LogP contribution in [0.4, 0.5) is 0 Å². The summed E-state index contributed by atoms with van der Waals surface area (Å²) in [6, 6.07) is 10.1. The summed E-state index contributed by atoms with van der Waals surface area (Å²) in [5.41, 5.74) is 1.21. The molecule has 88 valence electrons. The lowest BCUT2D eigenvalue weighted by Crippen LogP contribution is -2.10. The molecule has 0 heterocycles. The van der Waals surface area contributed by atoms with E-state index in [4.69, 9.17) is 4.74 Å². The van der Waals surface area contributed by atoms with E-state index in [1.54, 1.807) is 0 Å². The molecule has 1 atom stereocenters. The minimum absolute atomic E-state index is 0.0790. The fourth-order valence-corrected chi connectivity index (χ4v) is 1.49. The molecule has 0 bridgehead atoms. The highest BCUT2D eigenvalue weighted by Gasteiger charge is 2.08. The molecule has 0 saturated heterocycles. The van der Waals surface area contributed by atoms with Gasteiger partial charge in [-0.25, -0.2) is 0 Å². The Morgan fingerprint density at radius 2 is 2.00 bits per heavy atom. The predicted molar refractivity (Wildman–Crippen MR) is 65.3 cm³/mol. The lowest BCUT2D eigenvalue weighted by atomic mass is 10.0. The molecule has 1 rings (SSSR count). The molecule has 0 aliphatic carbocycles. The molecule has 0 N–H and O–H groups in total.